The molecular formula is C31H35FN6O2. The fraction of sp³-hybridized carbons (Fsp3) is 0.323. The number of nitrogens with one attached hydrogen (secondary N) is 3. The summed E-state index contributed by atoms with van der Waals surface area (Å²) in [5.74, 6) is -0.760. The van der Waals surface area contributed by atoms with E-state index in [1.165, 1.54) is 13.0 Å². The Labute approximate surface area is 233 Å². The molecule has 8 nitrogen and oxygen atoms in total. The van der Waals surface area contributed by atoms with Crippen LogP contribution in [-0.2, 0) is 13.1 Å². The number of carbonyl (C=O) groups excluding carboxylic acids is 2. The first-order valence-corrected chi connectivity index (χ1v) is 13.5. The highest BCUT2D eigenvalue weighted by Gasteiger charge is 2.24. The van der Waals surface area contributed by atoms with Gasteiger partial charge in [-0.05, 0) is 75.0 Å². The number of likely N-dealkylation sites (N-methyl/N-ethyl adjacent to an activating group) is 1. The van der Waals surface area contributed by atoms with E-state index in [1.807, 2.05) is 31.2 Å². The van der Waals surface area contributed by atoms with Gasteiger partial charge in [-0.3, -0.25) is 14.5 Å². The maximum Gasteiger partial charge on any atom is 0.255 e. The number of anilines is 2. The molecule has 1 atom stereocenters. The van der Waals surface area contributed by atoms with Crippen molar-refractivity contribution >= 4 is 34.1 Å². The van der Waals surface area contributed by atoms with Crippen LogP contribution in [0.1, 0.15) is 50.9 Å². The molecule has 208 valence electrons. The number of Topliss-reactive ketones (excluding diaryl/α,β-unsaturated/α-hetero) is 1. The summed E-state index contributed by atoms with van der Waals surface area (Å²) in [7, 11) is 4.15. The smallest absolute Gasteiger partial charge is 0.255 e. The Kier molecular flexibility index (Phi) is 7.95. The van der Waals surface area contributed by atoms with E-state index in [2.05, 4.69) is 44.5 Å². The number of fused-ring (bicyclic) bond motifs is 1. The third-order valence-corrected chi connectivity index (χ3v) is 7.63. The summed E-state index contributed by atoms with van der Waals surface area (Å²) in [5, 5.41) is 7.12. The predicted octanol–water partition coefficient (Wildman–Crippen LogP) is 5.21. The summed E-state index contributed by atoms with van der Waals surface area (Å²) in [6, 6.07) is 14.6. The number of amides is 1. The number of aromatic nitrogens is 2. The number of likely N-dealkylation sites (tertiary alicyclic amines) is 1. The number of H-pyrrole nitrogens is 1. The van der Waals surface area contributed by atoms with Gasteiger partial charge in [0.25, 0.3) is 5.91 Å². The lowest BCUT2D eigenvalue weighted by atomic mass is 10.1. The zero-order valence-corrected chi connectivity index (χ0v) is 23.3. The van der Waals surface area contributed by atoms with Crippen molar-refractivity contribution in [1.29, 1.82) is 0 Å². The molecule has 0 radical (unpaired) electrons. The van der Waals surface area contributed by atoms with Gasteiger partial charge in [-0.2, -0.15) is 0 Å². The van der Waals surface area contributed by atoms with E-state index >= 15 is 0 Å². The Morgan fingerprint density at radius 1 is 1.10 bits per heavy atom. The number of halogens is 1. The molecule has 40 heavy (non-hydrogen) atoms. The van der Waals surface area contributed by atoms with Gasteiger partial charge in [0.1, 0.15) is 11.5 Å². The molecule has 0 spiro atoms. The molecule has 3 N–H and O–H groups in total. The molecule has 1 aliphatic rings. The van der Waals surface area contributed by atoms with E-state index < -0.39 is 0 Å². The van der Waals surface area contributed by atoms with Crippen molar-refractivity contribution in [1.82, 2.24) is 19.8 Å². The van der Waals surface area contributed by atoms with Gasteiger partial charge in [-0.15, -0.1) is 0 Å². The van der Waals surface area contributed by atoms with Crippen molar-refractivity contribution in [3.63, 3.8) is 0 Å². The van der Waals surface area contributed by atoms with Crippen LogP contribution in [-0.4, -0.2) is 64.7 Å². The number of hydrogen-bond donors (Lipinski definition) is 3. The standard InChI is InChI=1S/C31H35FN6O2/c1-19-5-8-25(12-24(19)15-33-26-11-23-14-29(20(2)39)36-30(23)34-16-26)35-31(40)21-6-7-22(28(32)13-21)17-38-10-9-27(18-38)37(3)4/h5-8,11-14,16,27,33H,9-10,15,17-18H2,1-4H3,(H,34,36)(H,35,40). The van der Waals surface area contributed by atoms with Crippen molar-refractivity contribution in [2.24, 2.45) is 0 Å². The second-order valence-electron chi connectivity index (χ2n) is 10.8. The van der Waals surface area contributed by atoms with E-state index in [4.69, 9.17) is 0 Å². The molecule has 5 rings (SSSR count). The van der Waals surface area contributed by atoms with Gasteiger partial charge < -0.3 is 20.5 Å². The lowest BCUT2D eigenvalue weighted by molar-refractivity contribution is 0.101. The number of hydrogen-bond acceptors (Lipinski definition) is 6. The molecule has 1 unspecified atom stereocenters. The topological polar surface area (TPSA) is 93.4 Å². The Morgan fingerprint density at radius 2 is 1.93 bits per heavy atom. The monoisotopic (exact) mass is 542 g/mol. The first-order chi connectivity index (χ1) is 19.2. The van der Waals surface area contributed by atoms with Crippen LogP contribution in [0.15, 0.2) is 54.7 Å². The van der Waals surface area contributed by atoms with Gasteiger partial charge in [0, 0.05) is 61.3 Å². The van der Waals surface area contributed by atoms with Crippen LogP contribution in [0.3, 0.4) is 0 Å². The maximum atomic E-state index is 14.9. The number of aromatic amines is 1. The lowest BCUT2D eigenvalue weighted by Gasteiger charge is -2.20. The van der Waals surface area contributed by atoms with Crippen LogP contribution < -0.4 is 10.6 Å². The summed E-state index contributed by atoms with van der Waals surface area (Å²) in [6.07, 6.45) is 2.79. The minimum atomic E-state index is -0.363. The van der Waals surface area contributed by atoms with Gasteiger partial charge in [0.05, 0.1) is 17.6 Å². The van der Waals surface area contributed by atoms with E-state index in [-0.39, 0.29) is 23.1 Å². The van der Waals surface area contributed by atoms with Gasteiger partial charge in [0.15, 0.2) is 5.78 Å². The van der Waals surface area contributed by atoms with Crippen molar-refractivity contribution in [2.45, 2.75) is 39.4 Å². The number of ketones is 1. The second kappa shape index (κ2) is 11.6. The van der Waals surface area contributed by atoms with Crippen LogP contribution >= 0.6 is 0 Å². The molecule has 4 aromatic rings. The van der Waals surface area contributed by atoms with Crippen LogP contribution in [0.5, 0.6) is 0 Å². The first kappa shape index (κ1) is 27.5. The largest absolute Gasteiger partial charge is 0.380 e. The Hall–Kier alpha value is -4.08. The highest BCUT2D eigenvalue weighted by Crippen LogP contribution is 2.22. The van der Waals surface area contributed by atoms with E-state index in [0.29, 0.717) is 41.7 Å². The zero-order valence-electron chi connectivity index (χ0n) is 23.3. The SMILES string of the molecule is CC(=O)c1cc2cc(NCc3cc(NC(=O)c4ccc(CN5CCC(N(C)C)C5)c(F)c4)ccc3C)cnc2[nH]1. The number of nitrogens with zero attached hydrogens (tertiary/aromatic N) is 3. The predicted molar refractivity (Wildman–Crippen MR) is 156 cm³/mol. The average Bonchev–Trinajstić information content (AvgIpc) is 3.57. The van der Waals surface area contributed by atoms with Gasteiger partial charge in [-0.1, -0.05) is 12.1 Å². The zero-order chi connectivity index (χ0) is 28.4. The van der Waals surface area contributed by atoms with Gasteiger partial charge in [0.2, 0.25) is 0 Å². The molecule has 2 aromatic carbocycles. The number of carbonyl (C=O) groups is 2. The summed E-state index contributed by atoms with van der Waals surface area (Å²) in [6.45, 7) is 6.42. The summed E-state index contributed by atoms with van der Waals surface area (Å²) >= 11 is 0. The Bertz CT molecular complexity index is 1560. The number of pyridine rings is 1. The molecule has 1 amide bonds. The molecule has 0 aliphatic carbocycles. The highest BCUT2D eigenvalue weighted by molar-refractivity contribution is 6.04. The minimum absolute atomic E-state index is 0.0407. The molecule has 1 saturated heterocycles. The van der Waals surface area contributed by atoms with Crippen LogP contribution in [0.4, 0.5) is 15.8 Å². The second-order valence-corrected chi connectivity index (χ2v) is 10.8. The van der Waals surface area contributed by atoms with Crippen molar-refractivity contribution in [3.8, 4) is 0 Å². The summed E-state index contributed by atoms with van der Waals surface area (Å²) < 4.78 is 14.9. The molecular weight excluding hydrogens is 507 g/mol. The van der Waals surface area contributed by atoms with Gasteiger partial charge in [-0.25, -0.2) is 9.37 Å². The molecule has 1 aliphatic heterocycles. The number of benzene rings is 2. The van der Waals surface area contributed by atoms with E-state index in [0.717, 1.165) is 41.7 Å². The van der Waals surface area contributed by atoms with Crippen molar-refractivity contribution in [3.05, 3.63) is 88.5 Å². The first-order valence-electron chi connectivity index (χ1n) is 13.5. The summed E-state index contributed by atoms with van der Waals surface area (Å²) in [4.78, 5) is 36.5. The van der Waals surface area contributed by atoms with Gasteiger partial charge >= 0.3 is 0 Å². The van der Waals surface area contributed by atoms with Crippen LogP contribution in [0.2, 0.25) is 0 Å². The van der Waals surface area contributed by atoms with Crippen molar-refractivity contribution in [2.75, 3.05) is 37.8 Å². The molecule has 1 fully saturated rings. The van der Waals surface area contributed by atoms with Crippen LogP contribution in [0, 0.1) is 12.7 Å². The van der Waals surface area contributed by atoms with E-state index in [1.54, 1.807) is 24.4 Å². The summed E-state index contributed by atoms with van der Waals surface area (Å²) in [5.41, 5.74) is 5.59. The maximum absolute atomic E-state index is 14.9. The minimum Gasteiger partial charge on any atom is -0.380 e. The Morgan fingerprint density at radius 3 is 2.65 bits per heavy atom. The average molecular weight is 543 g/mol. The Balaban J connectivity index is 1.21. The third kappa shape index (κ3) is 6.21. The number of rotatable bonds is 9. The third-order valence-electron chi connectivity index (χ3n) is 7.63. The fourth-order valence-electron chi connectivity index (χ4n) is 5.08. The van der Waals surface area contributed by atoms with E-state index in [9.17, 15) is 14.0 Å². The highest BCUT2D eigenvalue weighted by atomic mass is 19.1. The normalized spacial score (nSPS) is 15.6. The fourth-order valence-corrected chi connectivity index (χ4v) is 5.08. The van der Waals surface area contributed by atoms with Crippen LogP contribution in [0.25, 0.3) is 11.0 Å². The molecule has 0 saturated carbocycles. The molecule has 0 bridgehead atoms. The molecule has 2 aromatic heterocycles. The molecule has 3 heterocycles. The van der Waals surface area contributed by atoms with Crippen molar-refractivity contribution < 1.29 is 14.0 Å². The quantitative estimate of drug-likeness (QED) is 0.251. The molecule has 9 heteroatoms. The number of aryl methyl sites for hydroxylation is 1. The lowest BCUT2D eigenvalue weighted by Crippen LogP contribution is -2.31.